The summed E-state index contributed by atoms with van der Waals surface area (Å²) >= 11 is 0. The number of anilines is 1. The number of sulfonamides is 1. The van der Waals surface area contributed by atoms with Crippen LogP contribution in [-0.2, 0) is 10.0 Å². The maximum Gasteiger partial charge on any atom is 0.255 e. The molecular formula is C17H20N2O6S. The zero-order valence-electron chi connectivity index (χ0n) is 14.8. The van der Waals surface area contributed by atoms with E-state index in [1.165, 1.54) is 52.6 Å². The number of hydrogen-bond acceptors (Lipinski definition) is 6. The Balaban J connectivity index is 2.35. The molecule has 0 aliphatic carbocycles. The third kappa shape index (κ3) is 4.06. The molecule has 0 bridgehead atoms. The fourth-order valence-corrected chi connectivity index (χ4v) is 3.05. The van der Waals surface area contributed by atoms with Crippen molar-refractivity contribution in [3.05, 3.63) is 42.0 Å². The molecule has 0 fully saturated rings. The number of ether oxygens (including phenoxy) is 3. The summed E-state index contributed by atoms with van der Waals surface area (Å²) in [5.41, 5.74) is 0.599. The highest BCUT2D eigenvalue weighted by molar-refractivity contribution is 7.89. The Labute approximate surface area is 152 Å². The van der Waals surface area contributed by atoms with Crippen LogP contribution in [0.3, 0.4) is 0 Å². The van der Waals surface area contributed by atoms with E-state index in [9.17, 15) is 13.2 Å². The fraction of sp³-hybridized carbons (Fsp3) is 0.235. The number of nitrogens with one attached hydrogen (secondary N) is 2. The van der Waals surface area contributed by atoms with Crippen LogP contribution in [0, 0.1) is 0 Å². The monoisotopic (exact) mass is 380 g/mol. The number of carbonyl (C=O) groups is 1. The SMILES string of the molecule is CNS(=O)(=O)c1cccc(C(=O)Nc2cc(OC)c(OC)c(OC)c2)c1. The first-order valence-electron chi connectivity index (χ1n) is 7.51. The fourth-order valence-electron chi connectivity index (χ4n) is 2.28. The van der Waals surface area contributed by atoms with Gasteiger partial charge in [-0.25, -0.2) is 13.1 Å². The number of benzene rings is 2. The van der Waals surface area contributed by atoms with Gasteiger partial charge in [-0.1, -0.05) is 6.07 Å². The number of rotatable bonds is 7. The first-order chi connectivity index (χ1) is 12.4. The third-order valence-corrected chi connectivity index (χ3v) is 5.01. The van der Waals surface area contributed by atoms with Crippen molar-refractivity contribution >= 4 is 21.6 Å². The summed E-state index contributed by atoms with van der Waals surface area (Å²) in [6.45, 7) is 0. The molecule has 2 N–H and O–H groups in total. The summed E-state index contributed by atoms with van der Waals surface area (Å²) in [4.78, 5) is 12.5. The van der Waals surface area contributed by atoms with Gasteiger partial charge in [-0.05, 0) is 25.2 Å². The highest BCUT2D eigenvalue weighted by atomic mass is 32.2. The van der Waals surface area contributed by atoms with E-state index in [1.54, 1.807) is 12.1 Å². The highest BCUT2D eigenvalue weighted by Gasteiger charge is 2.17. The molecule has 0 atom stereocenters. The zero-order chi connectivity index (χ0) is 19.3. The van der Waals surface area contributed by atoms with Crippen LogP contribution in [0.4, 0.5) is 5.69 Å². The Morgan fingerprint density at radius 2 is 1.58 bits per heavy atom. The van der Waals surface area contributed by atoms with Crippen molar-refractivity contribution in [3.8, 4) is 17.2 Å². The van der Waals surface area contributed by atoms with Crippen LogP contribution in [0.15, 0.2) is 41.3 Å². The second kappa shape index (κ2) is 8.07. The maximum absolute atomic E-state index is 12.5. The van der Waals surface area contributed by atoms with Gasteiger partial charge >= 0.3 is 0 Å². The van der Waals surface area contributed by atoms with Crippen molar-refractivity contribution in [2.45, 2.75) is 4.90 Å². The number of carbonyl (C=O) groups excluding carboxylic acids is 1. The van der Waals surface area contributed by atoms with Crippen LogP contribution in [0.5, 0.6) is 17.2 Å². The summed E-state index contributed by atoms with van der Waals surface area (Å²) in [5, 5.41) is 2.69. The van der Waals surface area contributed by atoms with Crippen LogP contribution >= 0.6 is 0 Å². The largest absolute Gasteiger partial charge is 0.493 e. The van der Waals surface area contributed by atoms with Crippen molar-refractivity contribution < 1.29 is 27.4 Å². The van der Waals surface area contributed by atoms with Gasteiger partial charge in [0.2, 0.25) is 15.8 Å². The lowest BCUT2D eigenvalue weighted by Gasteiger charge is -2.14. The van der Waals surface area contributed by atoms with E-state index < -0.39 is 15.9 Å². The van der Waals surface area contributed by atoms with Crippen LogP contribution in [0.25, 0.3) is 0 Å². The first-order valence-corrected chi connectivity index (χ1v) is 8.99. The van der Waals surface area contributed by atoms with Gasteiger partial charge in [-0.3, -0.25) is 4.79 Å². The van der Waals surface area contributed by atoms with Crippen LogP contribution in [-0.4, -0.2) is 42.7 Å². The third-order valence-electron chi connectivity index (χ3n) is 3.60. The Hall–Kier alpha value is -2.78. The summed E-state index contributed by atoms with van der Waals surface area (Å²) in [7, 11) is 2.07. The molecule has 0 saturated heterocycles. The Bertz CT molecular complexity index is 886. The first kappa shape index (κ1) is 19.5. The van der Waals surface area contributed by atoms with Gasteiger partial charge in [0, 0.05) is 23.4 Å². The van der Waals surface area contributed by atoms with Crippen molar-refractivity contribution in [2.75, 3.05) is 33.7 Å². The minimum Gasteiger partial charge on any atom is -0.493 e. The van der Waals surface area contributed by atoms with Crippen LogP contribution in [0.2, 0.25) is 0 Å². The maximum atomic E-state index is 12.5. The van der Waals surface area contributed by atoms with Gasteiger partial charge in [-0.15, -0.1) is 0 Å². The molecule has 2 aromatic rings. The lowest BCUT2D eigenvalue weighted by Crippen LogP contribution is -2.19. The number of methoxy groups -OCH3 is 3. The lowest BCUT2D eigenvalue weighted by atomic mass is 10.2. The Morgan fingerprint density at radius 3 is 2.08 bits per heavy atom. The van der Waals surface area contributed by atoms with E-state index in [0.29, 0.717) is 22.9 Å². The number of amides is 1. The normalized spacial score (nSPS) is 10.9. The van der Waals surface area contributed by atoms with Crippen molar-refractivity contribution in [2.24, 2.45) is 0 Å². The minimum absolute atomic E-state index is 0.00228. The quantitative estimate of drug-likeness (QED) is 0.760. The van der Waals surface area contributed by atoms with E-state index in [1.807, 2.05) is 0 Å². The van der Waals surface area contributed by atoms with Crippen LogP contribution < -0.4 is 24.2 Å². The van der Waals surface area contributed by atoms with Crippen molar-refractivity contribution in [3.63, 3.8) is 0 Å². The molecule has 26 heavy (non-hydrogen) atoms. The smallest absolute Gasteiger partial charge is 0.255 e. The van der Waals surface area contributed by atoms with E-state index >= 15 is 0 Å². The van der Waals surface area contributed by atoms with E-state index in [4.69, 9.17) is 14.2 Å². The Morgan fingerprint density at radius 1 is 0.962 bits per heavy atom. The molecule has 0 heterocycles. The second-order valence-electron chi connectivity index (χ2n) is 5.10. The molecule has 1 amide bonds. The molecule has 9 heteroatoms. The molecule has 0 aliphatic rings. The molecule has 0 unspecified atom stereocenters. The van der Waals surface area contributed by atoms with E-state index in [2.05, 4.69) is 10.0 Å². The van der Waals surface area contributed by atoms with Gasteiger partial charge in [0.15, 0.2) is 11.5 Å². The molecule has 8 nitrogen and oxygen atoms in total. The topological polar surface area (TPSA) is 103 Å². The summed E-state index contributed by atoms with van der Waals surface area (Å²) in [6.07, 6.45) is 0. The van der Waals surface area contributed by atoms with Crippen molar-refractivity contribution in [1.29, 1.82) is 0 Å². The molecule has 0 spiro atoms. The average molecular weight is 380 g/mol. The molecule has 140 valence electrons. The second-order valence-corrected chi connectivity index (χ2v) is 6.99. The molecular weight excluding hydrogens is 360 g/mol. The summed E-state index contributed by atoms with van der Waals surface area (Å²) in [6, 6.07) is 8.86. The highest BCUT2D eigenvalue weighted by Crippen LogP contribution is 2.40. The van der Waals surface area contributed by atoms with Crippen molar-refractivity contribution in [1.82, 2.24) is 4.72 Å². The molecule has 0 saturated carbocycles. The average Bonchev–Trinajstić information content (AvgIpc) is 2.67. The predicted octanol–water partition coefficient (Wildman–Crippen LogP) is 1.87. The molecule has 0 aliphatic heterocycles. The molecule has 0 radical (unpaired) electrons. The Kier molecular flexibility index (Phi) is 6.06. The van der Waals surface area contributed by atoms with E-state index in [0.717, 1.165) is 0 Å². The van der Waals surface area contributed by atoms with Gasteiger partial charge < -0.3 is 19.5 Å². The van der Waals surface area contributed by atoms with Gasteiger partial charge in [0.25, 0.3) is 5.91 Å². The minimum atomic E-state index is -3.64. The standard InChI is InChI=1S/C17H20N2O6S/c1-18-26(21,22)13-7-5-6-11(8-13)17(20)19-12-9-14(23-2)16(25-4)15(10-12)24-3/h5-10,18H,1-4H3,(H,19,20). The molecule has 2 rings (SSSR count). The van der Waals surface area contributed by atoms with Crippen LogP contribution in [0.1, 0.15) is 10.4 Å². The van der Waals surface area contributed by atoms with E-state index in [-0.39, 0.29) is 10.5 Å². The van der Waals surface area contributed by atoms with Gasteiger partial charge in [0.1, 0.15) is 0 Å². The molecule has 0 aromatic heterocycles. The predicted molar refractivity (Wildman–Crippen MR) is 96.7 cm³/mol. The lowest BCUT2D eigenvalue weighted by molar-refractivity contribution is 0.102. The molecule has 2 aromatic carbocycles. The zero-order valence-corrected chi connectivity index (χ0v) is 15.6. The summed E-state index contributed by atoms with van der Waals surface area (Å²) in [5.74, 6) is 0.685. The number of hydrogen-bond donors (Lipinski definition) is 2. The van der Waals surface area contributed by atoms with Gasteiger partial charge in [-0.2, -0.15) is 0 Å². The summed E-state index contributed by atoms with van der Waals surface area (Å²) < 4.78 is 41.7. The van der Waals surface area contributed by atoms with Gasteiger partial charge in [0.05, 0.1) is 26.2 Å².